The lowest BCUT2D eigenvalue weighted by Gasteiger charge is -2.29. The van der Waals surface area contributed by atoms with Gasteiger partial charge in [0.05, 0.1) is 6.04 Å². The molecule has 0 aliphatic carbocycles. The van der Waals surface area contributed by atoms with Crippen molar-refractivity contribution in [1.82, 2.24) is 15.5 Å². The van der Waals surface area contributed by atoms with Crippen molar-refractivity contribution in [2.75, 3.05) is 0 Å². The van der Waals surface area contributed by atoms with E-state index in [2.05, 4.69) is 17.6 Å². The SMILES string of the molecule is CCC[C@H](NC(=O)c1ccc2c(c1)CN(C1CCC(=O)NC1=O)C2=O)c1ccccc1. The van der Waals surface area contributed by atoms with E-state index >= 15 is 0 Å². The fourth-order valence-corrected chi connectivity index (χ4v) is 4.25. The molecule has 160 valence electrons. The van der Waals surface area contributed by atoms with Crippen LogP contribution < -0.4 is 10.6 Å². The molecule has 0 aromatic heterocycles. The van der Waals surface area contributed by atoms with Crippen LogP contribution in [0.4, 0.5) is 0 Å². The maximum atomic E-state index is 12.9. The molecule has 7 nitrogen and oxygen atoms in total. The molecule has 0 radical (unpaired) electrons. The van der Waals surface area contributed by atoms with Crippen molar-refractivity contribution in [3.8, 4) is 0 Å². The summed E-state index contributed by atoms with van der Waals surface area (Å²) in [6, 6.07) is 14.1. The number of hydrogen-bond acceptors (Lipinski definition) is 4. The van der Waals surface area contributed by atoms with E-state index in [-0.39, 0.29) is 36.7 Å². The molecular weight excluding hydrogens is 394 g/mol. The predicted octanol–water partition coefficient (Wildman–Crippen LogP) is 2.72. The summed E-state index contributed by atoms with van der Waals surface area (Å²) in [5.41, 5.74) is 2.75. The fraction of sp³-hybridized carbons (Fsp3) is 0.333. The molecule has 0 bridgehead atoms. The zero-order valence-corrected chi connectivity index (χ0v) is 17.4. The Hall–Kier alpha value is -3.48. The minimum Gasteiger partial charge on any atom is -0.345 e. The molecule has 4 amide bonds. The van der Waals surface area contributed by atoms with Gasteiger partial charge in [-0.3, -0.25) is 24.5 Å². The van der Waals surface area contributed by atoms with Crippen molar-refractivity contribution >= 4 is 23.6 Å². The topological polar surface area (TPSA) is 95.6 Å². The monoisotopic (exact) mass is 419 g/mol. The van der Waals surface area contributed by atoms with E-state index in [4.69, 9.17) is 0 Å². The van der Waals surface area contributed by atoms with Gasteiger partial charge in [-0.05, 0) is 42.2 Å². The molecule has 7 heteroatoms. The third-order valence-electron chi connectivity index (χ3n) is 5.87. The predicted molar refractivity (Wildman–Crippen MR) is 114 cm³/mol. The molecule has 2 aliphatic rings. The fourth-order valence-electron chi connectivity index (χ4n) is 4.25. The van der Waals surface area contributed by atoms with Gasteiger partial charge in [0, 0.05) is 24.1 Å². The molecule has 2 aromatic rings. The number of hydrogen-bond donors (Lipinski definition) is 2. The van der Waals surface area contributed by atoms with Gasteiger partial charge in [-0.2, -0.15) is 0 Å². The lowest BCUT2D eigenvalue weighted by molar-refractivity contribution is -0.136. The maximum Gasteiger partial charge on any atom is 0.255 e. The number of carbonyl (C=O) groups is 4. The number of fused-ring (bicyclic) bond motifs is 1. The lowest BCUT2D eigenvalue weighted by Crippen LogP contribution is -2.52. The van der Waals surface area contributed by atoms with Crippen LogP contribution in [0.2, 0.25) is 0 Å². The van der Waals surface area contributed by atoms with Gasteiger partial charge in [-0.25, -0.2) is 0 Å². The zero-order valence-electron chi connectivity index (χ0n) is 17.4. The number of carbonyl (C=O) groups excluding carboxylic acids is 4. The zero-order chi connectivity index (χ0) is 22.0. The average Bonchev–Trinajstić information content (AvgIpc) is 3.09. The third-order valence-corrected chi connectivity index (χ3v) is 5.87. The van der Waals surface area contributed by atoms with Gasteiger partial charge < -0.3 is 10.2 Å². The summed E-state index contributed by atoms with van der Waals surface area (Å²) in [5, 5.41) is 5.40. The smallest absolute Gasteiger partial charge is 0.255 e. The van der Waals surface area contributed by atoms with Gasteiger partial charge >= 0.3 is 0 Å². The largest absolute Gasteiger partial charge is 0.345 e. The van der Waals surface area contributed by atoms with Crippen LogP contribution in [-0.2, 0) is 16.1 Å². The Morgan fingerprint density at radius 1 is 1.16 bits per heavy atom. The molecule has 1 fully saturated rings. The summed E-state index contributed by atoms with van der Waals surface area (Å²) in [6.45, 7) is 2.32. The van der Waals surface area contributed by atoms with Crippen molar-refractivity contribution in [2.45, 2.75) is 51.2 Å². The Balaban J connectivity index is 1.50. The second-order valence-corrected chi connectivity index (χ2v) is 8.00. The van der Waals surface area contributed by atoms with Crippen LogP contribution in [0.3, 0.4) is 0 Å². The van der Waals surface area contributed by atoms with Gasteiger partial charge in [-0.1, -0.05) is 43.7 Å². The lowest BCUT2D eigenvalue weighted by atomic mass is 10.0. The van der Waals surface area contributed by atoms with Crippen molar-refractivity contribution < 1.29 is 19.2 Å². The van der Waals surface area contributed by atoms with Crippen molar-refractivity contribution in [3.05, 3.63) is 70.8 Å². The first kappa shape index (κ1) is 20.8. The third kappa shape index (κ3) is 4.21. The highest BCUT2D eigenvalue weighted by Crippen LogP contribution is 2.28. The van der Waals surface area contributed by atoms with E-state index in [1.54, 1.807) is 18.2 Å². The minimum atomic E-state index is -0.665. The van der Waals surface area contributed by atoms with E-state index in [0.29, 0.717) is 23.1 Å². The summed E-state index contributed by atoms with van der Waals surface area (Å²) in [6.07, 6.45) is 2.28. The number of rotatable bonds is 6. The van der Waals surface area contributed by atoms with Crippen LogP contribution in [0.5, 0.6) is 0 Å². The van der Waals surface area contributed by atoms with Crippen LogP contribution in [0.15, 0.2) is 48.5 Å². The number of piperidine rings is 1. The molecule has 2 N–H and O–H groups in total. The van der Waals surface area contributed by atoms with Crippen LogP contribution in [0, 0.1) is 0 Å². The van der Waals surface area contributed by atoms with Gasteiger partial charge in [0.25, 0.3) is 11.8 Å². The van der Waals surface area contributed by atoms with E-state index in [1.165, 1.54) is 4.90 Å². The Kier molecular flexibility index (Phi) is 5.84. The molecule has 0 saturated carbocycles. The van der Waals surface area contributed by atoms with E-state index in [9.17, 15) is 19.2 Å². The molecule has 4 rings (SSSR count). The second-order valence-electron chi connectivity index (χ2n) is 8.00. The highest BCUT2D eigenvalue weighted by atomic mass is 16.2. The quantitative estimate of drug-likeness (QED) is 0.704. The second kappa shape index (κ2) is 8.71. The molecular formula is C24H25N3O4. The van der Waals surface area contributed by atoms with Crippen molar-refractivity contribution in [3.63, 3.8) is 0 Å². The van der Waals surface area contributed by atoms with E-state index in [1.807, 2.05) is 30.3 Å². The summed E-state index contributed by atoms with van der Waals surface area (Å²) in [5.74, 6) is -1.20. The summed E-state index contributed by atoms with van der Waals surface area (Å²) >= 11 is 0. The molecule has 1 unspecified atom stereocenters. The highest BCUT2D eigenvalue weighted by Gasteiger charge is 2.39. The number of nitrogens with zero attached hydrogens (tertiary/aromatic N) is 1. The Labute approximate surface area is 180 Å². The standard InChI is InChI=1S/C24H25N3O4/c1-2-6-19(15-7-4-3-5-8-15)25-22(29)16-9-10-18-17(13-16)14-27(24(18)31)20-11-12-21(28)26-23(20)30/h3-5,7-10,13,19-20H,2,6,11-12,14H2,1H3,(H,25,29)(H,26,28,30)/t19-,20?/m0/s1. The number of benzene rings is 2. The molecule has 2 heterocycles. The normalized spacial score (nSPS) is 19.1. The van der Waals surface area contributed by atoms with Crippen molar-refractivity contribution in [1.29, 1.82) is 0 Å². The summed E-state index contributed by atoms with van der Waals surface area (Å²) < 4.78 is 0. The number of nitrogens with one attached hydrogen (secondary N) is 2. The van der Waals surface area contributed by atoms with Crippen LogP contribution in [0.1, 0.15) is 70.5 Å². The maximum absolute atomic E-state index is 12.9. The average molecular weight is 419 g/mol. The van der Waals surface area contributed by atoms with E-state index in [0.717, 1.165) is 18.4 Å². The summed E-state index contributed by atoms with van der Waals surface area (Å²) in [4.78, 5) is 50.8. The van der Waals surface area contributed by atoms with Gasteiger partial charge in [0.2, 0.25) is 11.8 Å². The molecule has 0 spiro atoms. The van der Waals surface area contributed by atoms with Gasteiger partial charge in [-0.15, -0.1) is 0 Å². The highest BCUT2D eigenvalue weighted by molar-refractivity contribution is 6.06. The minimum absolute atomic E-state index is 0.0893. The Morgan fingerprint density at radius 3 is 2.65 bits per heavy atom. The summed E-state index contributed by atoms with van der Waals surface area (Å²) in [7, 11) is 0. The van der Waals surface area contributed by atoms with Crippen molar-refractivity contribution in [2.24, 2.45) is 0 Å². The first-order chi connectivity index (χ1) is 15.0. The molecule has 2 atom stereocenters. The Bertz CT molecular complexity index is 1030. The van der Waals surface area contributed by atoms with Gasteiger partial charge in [0.1, 0.15) is 6.04 Å². The molecule has 31 heavy (non-hydrogen) atoms. The Morgan fingerprint density at radius 2 is 1.94 bits per heavy atom. The van der Waals surface area contributed by atoms with Crippen LogP contribution in [-0.4, -0.2) is 34.6 Å². The van der Waals surface area contributed by atoms with Gasteiger partial charge in [0.15, 0.2) is 0 Å². The first-order valence-corrected chi connectivity index (χ1v) is 10.6. The molecule has 2 aliphatic heterocycles. The van der Waals surface area contributed by atoms with E-state index < -0.39 is 11.9 Å². The molecule has 1 saturated heterocycles. The van der Waals surface area contributed by atoms with Crippen LogP contribution >= 0.6 is 0 Å². The number of imide groups is 1. The first-order valence-electron chi connectivity index (χ1n) is 10.6. The van der Waals surface area contributed by atoms with Crippen LogP contribution in [0.25, 0.3) is 0 Å². The number of amides is 4. The molecule has 2 aromatic carbocycles.